The van der Waals surface area contributed by atoms with Crippen LogP contribution < -0.4 is 5.32 Å². The number of pyridine rings is 1. The average Bonchev–Trinajstić information content (AvgIpc) is 2.49. The molecule has 0 spiro atoms. The van der Waals surface area contributed by atoms with Gasteiger partial charge in [0, 0.05) is 24.0 Å². The number of carbonyl (C=O) groups excluding carboxylic acids is 1. The smallest absolute Gasteiger partial charge is 0.330 e. The number of esters is 1. The zero-order valence-corrected chi connectivity index (χ0v) is 12.4. The first-order valence-corrected chi connectivity index (χ1v) is 7.52. The molecule has 0 bridgehead atoms. The van der Waals surface area contributed by atoms with E-state index in [9.17, 15) is 4.79 Å². The normalized spacial score (nSPS) is 19.3. The molecule has 4 heteroatoms. The molecule has 20 heavy (non-hydrogen) atoms. The minimum atomic E-state index is -0.813. The van der Waals surface area contributed by atoms with E-state index in [1.165, 1.54) is 19.3 Å². The number of ether oxygens (including phenoxy) is 1. The highest BCUT2D eigenvalue weighted by Gasteiger charge is 2.38. The molecular formula is C16H24N2O2. The maximum absolute atomic E-state index is 12.4. The van der Waals surface area contributed by atoms with Gasteiger partial charge in [-0.05, 0) is 32.8 Å². The topological polar surface area (TPSA) is 51.2 Å². The van der Waals surface area contributed by atoms with Crippen LogP contribution in [0.25, 0.3) is 0 Å². The van der Waals surface area contributed by atoms with Gasteiger partial charge in [0.25, 0.3) is 0 Å². The van der Waals surface area contributed by atoms with Crippen LogP contribution in [0.1, 0.15) is 51.5 Å². The van der Waals surface area contributed by atoms with E-state index >= 15 is 0 Å². The molecule has 0 aliphatic heterocycles. The van der Waals surface area contributed by atoms with Gasteiger partial charge in [-0.3, -0.25) is 10.3 Å². The Bertz CT molecular complexity index is 429. The third-order valence-electron chi connectivity index (χ3n) is 4.02. The summed E-state index contributed by atoms with van der Waals surface area (Å²) in [7, 11) is 0. The second kappa shape index (κ2) is 6.84. The Kier molecular flexibility index (Phi) is 5.12. The number of nitrogens with one attached hydrogen (secondary N) is 1. The van der Waals surface area contributed by atoms with Gasteiger partial charge >= 0.3 is 5.97 Å². The van der Waals surface area contributed by atoms with Crippen LogP contribution in [0.3, 0.4) is 0 Å². The minimum absolute atomic E-state index is 0.224. The molecule has 1 aromatic rings. The molecule has 0 aromatic carbocycles. The van der Waals surface area contributed by atoms with Crippen LogP contribution in [0.15, 0.2) is 24.5 Å². The van der Waals surface area contributed by atoms with Gasteiger partial charge in [0.05, 0.1) is 6.61 Å². The van der Waals surface area contributed by atoms with E-state index in [1.807, 2.05) is 26.0 Å². The van der Waals surface area contributed by atoms with Crippen molar-refractivity contribution in [3.63, 3.8) is 0 Å². The summed E-state index contributed by atoms with van der Waals surface area (Å²) in [6, 6.07) is 4.16. The first-order chi connectivity index (χ1) is 9.66. The van der Waals surface area contributed by atoms with Crippen LogP contribution in [0, 0.1) is 0 Å². The van der Waals surface area contributed by atoms with Crippen molar-refractivity contribution < 1.29 is 9.53 Å². The fourth-order valence-corrected chi connectivity index (χ4v) is 2.85. The van der Waals surface area contributed by atoms with Crippen molar-refractivity contribution in [3.05, 3.63) is 30.1 Å². The first-order valence-electron chi connectivity index (χ1n) is 7.52. The van der Waals surface area contributed by atoms with Crippen LogP contribution in [0.2, 0.25) is 0 Å². The summed E-state index contributed by atoms with van der Waals surface area (Å²) in [6.45, 7) is 4.12. The highest BCUT2D eigenvalue weighted by Crippen LogP contribution is 2.26. The third kappa shape index (κ3) is 3.37. The summed E-state index contributed by atoms with van der Waals surface area (Å²) in [4.78, 5) is 16.6. The second-order valence-corrected chi connectivity index (χ2v) is 5.57. The summed E-state index contributed by atoms with van der Waals surface area (Å²) >= 11 is 0. The molecule has 1 aliphatic rings. The quantitative estimate of drug-likeness (QED) is 0.840. The van der Waals surface area contributed by atoms with Crippen LogP contribution in [-0.4, -0.2) is 23.6 Å². The van der Waals surface area contributed by atoms with Gasteiger partial charge in [0.2, 0.25) is 0 Å². The van der Waals surface area contributed by atoms with Crippen LogP contribution in [-0.2, 0) is 15.1 Å². The molecule has 0 radical (unpaired) electrons. The summed E-state index contributed by atoms with van der Waals surface area (Å²) in [5.74, 6) is -0.224. The lowest BCUT2D eigenvalue weighted by Crippen LogP contribution is -2.52. The molecule has 2 rings (SSSR count). The van der Waals surface area contributed by atoms with E-state index in [1.54, 1.807) is 12.4 Å². The Morgan fingerprint density at radius 1 is 1.45 bits per heavy atom. The molecule has 0 amide bonds. The summed E-state index contributed by atoms with van der Waals surface area (Å²) in [5.41, 5.74) is 0.0516. The van der Waals surface area contributed by atoms with Gasteiger partial charge in [-0.15, -0.1) is 0 Å². The zero-order chi connectivity index (χ0) is 14.4. The van der Waals surface area contributed by atoms with Crippen LogP contribution in [0.4, 0.5) is 0 Å². The van der Waals surface area contributed by atoms with Crippen molar-refractivity contribution in [2.45, 2.75) is 57.5 Å². The number of hydrogen-bond acceptors (Lipinski definition) is 4. The Morgan fingerprint density at radius 3 is 2.80 bits per heavy atom. The molecule has 0 saturated heterocycles. The molecule has 1 aliphatic carbocycles. The predicted molar refractivity (Wildman–Crippen MR) is 78.2 cm³/mol. The molecule has 1 saturated carbocycles. The Hall–Kier alpha value is -1.42. The Balaban J connectivity index is 2.21. The van der Waals surface area contributed by atoms with E-state index in [0.717, 1.165) is 18.4 Å². The van der Waals surface area contributed by atoms with E-state index in [0.29, 0.717) is 12.6 Å². The van der Waals surface area contributed by atoms with Crippen molar-refractivity contribution in [2.24, 2.45) is 0 Å². The van der Waals surface area contributed by atoms with Crippen LogP contribution >= 0.6 is 0 Å². The van der Waals surface area contributed by atoms with Gasteiger partial charge in [0.15, 0.2) is 0 Å². The highest BCUT2D eigenvalue weighted by atomic mass is 16.5. The number of hydrogen-bond donors (Lipinski definition) is 1. The zero-order valence-electron chi connectivity index (χ0n) is 12.4. The maximum Gasteiger partial charge on any atom is 0.330 e. The van der Waals surface area contributed by atoms with Crippen molar-refractivity contribution in [3.8, 4) is 0 Å². The number of aromatic nitrogens is 1. The predicted octanol–water partition coefficient (Wildman–Crippen LogP) is 2.78. The summed E-state index contributed by atoms with van der Waals surface area (Å²) < 4.78 is 5.27. The van der Waals surface area contributed by atoms with Gasteiger partial charge < -0.3 is 4.74 Å². The van der Waals surface area contributed by atoms with Crippen molar-refractivity contribution in [1.82, 2.24) is 10.3 Å². The molecule has 1 heterocycles. The Morgan fingerprint density at radius 2 is 2.20 bits per heavy atom. The van der Waals surface area contributed by atoms with E-state index in [4.69, 9.17) is 4.74 Å². The monoisotopic (exact) mass is 276 g/mol. The molecule has 1 unspecified atom stereocenters. The largest absolute Gasteiger partial charge is 0.464 e. The fourth-order valence-electron chi connectivity index (χ4n) is 2.85. The fraction of sp³-hybridized carbons (Fsp3) is 0.625. The molecule has 1 aromatic heterocycles. The van der Waals surface area contributed by atoms with Crippen molar-refractivity contribution >= 4 is 5.97 Å². The second-order valence-electron chi connectivity index (χ2n) is 5.57. The highest BCUT2D eigenvalue weighted by molar-refractivity contribution is 5.82. The van der Waals surface area contributed by atoms with Gasteiger partial charge in [-0.25, -0.2) is 4.79 Å². The molecule has 1 fully saturated rings. The SMILES string of the molecule is CCOC(=O)C(C)(NC1CCCCC1)c1cccnc1. The lowest BCUT2D eigenvalue weighted by Gasteiger charge is -2.35. The van der Waals surface area contributed by atoms with Crippen molar-refractivity contribution in [2.75, 3.05) is 6.61 Å². The third-order valence-corrected chi connectivity index (χ3v) is 4.02. The summed E-state index contributed by atoms with van der Waals surface area (Å²) in [5, 5.41) is 3.52. The molecule has 1 atom stereocenters. The average molecular weight is 276 g/mol. The maximum atomic E-state index is 12.4. The number of rotatable bonds is 5. The standard InChI is InChI=1S/C16H24N2O2/c1-3-20-15(19)16(2,13-8-7-11-17-12-13)18-14-9-5-4-6-10-14/h7-8,11-12,14,18H,3-6,9-10H2,1-2H3. The number of nitrogens with zero attached hydrogens (tertiary/aromatic N) is 1. The van der Waals surface area contributed by atoms with Crippen LogP contribution in [0.5, 0.6) is 0 Å². The molecule has 110 valence electrons. The molecule has 1 N–H and O–H groups in total. The van der Waals surface area contributed by atoms with E-state index < -0.39 is 5.54 Å². The van der Waals surface area contributed by atoms with Gasteiger partial charge in [-0.2, -0.15) is 0 Å². The lowest BCUT2D eigenvalue weighted by atomic mass is 9.88. The van der Waals surface area contributed by atoms with E-state index in [-0.39, 0.29) is 5.97 Å². The van der Waals surface area contributed by atoms with Crippen molar-refractivity contribution in [1.29, 1.82) is 0 Å². The lowest BCUT2D eigenvalue weighted by molar-refractivity contribution is -0.151. The molecular weight excluding hydrogens is 252 g/mol. The summed E-state index contributed by atoms with van der Waals surface area (Å²) in [6.07, 6.45) is 9.45. The van der Waals surface area contributed by atoms with Gasteiger partial charge in [0.1, 0.15) is 5.54 Å². The Labute approximate surface area is 120 Å². The first kappa shape index (κ1) is 15.0. The van der Waals surface area contributed by atoms with Gasteiger partial charge in [-0.1, -0.05) is 25.3 Å². The van der Waals surface area contributed by atoms with E-state index in [2.05, 4.69) is 10.3 Å². The number of carbonyl (C=O) groups is 1. The minimum Gasteiger partial charge on any atom is -0.464 e. The molecule has 4 nitrogen and oxygen atoms in total.